The smallest absolute Gasteiger partial charge is 0.257 e. The molecule has 1 heterocycles. The van der Waals surface area contributed by atoms with Crippen LogP contribution < -0.4 is 10.6 Å². The third-order valence-corrected chi connectivity index (χ3v) is 11.4. The molecule has 8 unspecified atom stereocenters. The fourth-order valence-corrected chi connectivity index (χ4v) is 7.78. The average Bonchev–Trinajstić information content (AvgIpc) is 3.27. The Morgan fingerprint density at radius 1 is 0.562 bits per heavy atom. The number of aromatic hydroxyl groups is 2. The van der Waals surface area contributed by atoms with E-state index < -0.39 is 80.5 Å². The number of benzene rings is 3. The fourth-order valence-electron chi connectivity index (χ4n) is 7.78. The number of rotatable bonds is 19. The highest BCUT2D eigenvalue weighted by atomic mass is 16.4. The van der Waals surface area contributed by atoms with E-state index in [2.05, 4.69) is 37.5 Å². The van der Waals surface area contributed by atoms with Crippen molar-refractivity contribution < 1.29 is 70.9 Å². The maximum absolute atomic E-state index is 13.3. The molecule has 0 saturated carbocycles. The Kier molecular flexibility index (Phi) is 20.8. The summed E-state index contributed by atoms with van der Waals surface area (Å²) < 4.78 is 0. The van der Waals surface area contributed by atoms with Gasteiger partial charge in [0.1, 0.15) is 48.1 Å². The monoisotopic (exact) mass is 901 g/mol. The first-order valence-electron chi connectivity index (χ1n) is 21.5. The minimum atomic E-state index is -2.04. The second kappa shape index (κ2) is 25.4. The normalized spacial score (nSPS) is 18.9. The van der Waals surface area contributed by atoms with Crippen LogP contribution in [0.3, 0.4) is 0 Å². The van der Waals surface area contributed by atoms with Crippen molar-refractivity contribution in [1.82, 2.24) is 25.3 Å². The van der Waals surface area contributed by atoms with Crippen molar-refractivity contribution in [2.24, 2.45) is 0 Å². The quantitative estimate of drug-likeness (QED) is 0.0579. The molecule has 1 saturated heterocycles. The van der Waals surface area contributed by atoms with Crippen LogP contribution in [0.5, 0.6) is 11.5 Å². The zero-order valence-electron chi connectivity index (χ0n) is 36.4. The Morgan fingerprint density at radius 2 is 0.969 bits per heavy atom. The van der Waals surface area contributed by atoms with Gasteiger partial charge in [-0.2, -0.15) is 0 Å². The number of aliphatic hydroxyl groups is 10. The number of aryl methyl sites for hydroxylation is 2. The van der Waals surface area contributed by atoms with Gasteiger partial charge in [0.05, 0.1) is 30.4 Å². The van der Waals surface area contributed by atoms with Gasteiger partial charge in [0.25, 0.3) is 11.8 Å². The zero-order valence-corrected chi connectivity index (χ0v) is 36.4. The Hall–Kier alpha value is -4.32. The Balaban J connectivity index is 1.53. The molecule has 14 N–H and O–H groups in total. The Morgan fingerprint density at radius 3 is 1.42 bits per heavy atom. The largest absolute Gasteiger partial charge is 0.507 e. The van der Waals surface area contributed by atoms with Gasteiger partial charge in [-0.3, -0.25) is 24.3 Å². The molecule has 0 radical (unpaired) electrons. The zero-order chi connectivity index (χ0) is 47.1. The van der Waals surface area contributed by atoms with Gasteiger partial charge in [-0.1, -0.05) is 42.5 Å². The van der Waals surface area contributed by atoms with E-state index in [9.17, 15) is 60.7 Å². The first kappa shape index (κ1) is 52.3. The predicted octanol–water partition coefficient (Wildman–Crippen LogP) is -2.01. The molecule has 356 valence electrons. The summed E-state index contributed by atoms with van der Waals surface area (Å²) >= 11 is 0. The molecule has 0 aliphatic carbocycles. The molecule has 1 aliphatic heterocycles. The van der Waals surface area contributed by atoms with Crippen LogP contribution >= 0.6 is 0 Å². The lowest BCUT2D eigenvalue weighted by molar-refractivity contribution is -0.119. The molecule has 64 heavy (non-hydrogen) atoms. The second-order valence-corrected chi connectivity index (χ2v) is 16.7. The fraction of sp³-hybridized carbons (Fsp3) is 0.556. The maximum Gasteiger partial charge on any atom is 0.257 e. The van der Waals surface area contributed by atoms with Crippen LogP contribution in [-0.4, -0.2) is 196 Å². The van der Waals surface area contributed by atoms with Crippen LogP contribution in [0.15, 0.2) is 54.6 Å². The molecule has 1 aliphatic rings. The molecule has 3 aromatic rings. The van der Waals surface area contributed by atoms with Gasteiger partial charge < -0.3 is 71.9 Å². The highest BCUT2D eigenvalue weighted by Crippen LogP contribution is 2.29. The summed E-state index contributed by atoms with van der Waals surface area (Å²) in [6.07, 6.45) is -12.7. The number of hydrogen-bond donors (Lipinski definition) is 14. The number of carbonyl (C=O) groups excluding carboxylic acids is 2. The summed E-state index contributed by atoms with van der Waals surface area (Å²) in [7, 11) is 0. The van der Waals surface area contributed by atoms with E-state index in [1.807, 2.05) is 18.2 Å². The Bertz CT molecular complexity index is 1930. The molecule has 19 nitrogen and oxygen atoms in total. The van der Waals surface area contributed by atoms with E-state index in [-0.39, 0.29) is 35.7 Å². The number of phenolic OH excluding ortho intramolecular Hbond substituents is 2. The van der Waals surface area contributed by atoms with Gasteiger partial charge in [0.15, 0.2) is 6.23 Å². The highest BCUT2D eigenvalue weighted by molar-refractivity contribution is 5.98. The lowest BCUT2D eigenvalue weighted by Crippen LogP contribution is -2.52. The van der Waals surface area contributed by atoms with Gasteiger partial charge >= 0.3 is 0 Å². The summed E-state index contributed by atoms with van der Waals surface area (Å²) in [6.45, 7) is 6.49. The van der Waals surface area contributed by atoms with Crippen LogP contribution in [0.4, 0.5) is 0 Å². The van der Waals surface area contributed by atoms with Crippen molar-refractivity contribution in [2.75, 3.05) is 59.0 Å². The molecule has 3 aromatic carbocycles. The van der Waals surface area contributed by atoms with Gasteiger partial charge in [-0.05, 0) is 101 Å². The Labute approximate surface area is 373 Å². The summed E-state index contributed by atoms with van der Waals surface area (Å²) in [6, 6.07) is 16.6. The third kappa shape index (κ3) is 15.1. The van der Waals surface area contributed by atoms with E-state index >= 15 is 0 Å². The van der Waals surface area contributed by atoms with Crippen molar-refractivity contribution >= 4 is 11.8 Å². The molecule has 4 rings (SSSR count). The van der Waals surface area contributed by atoms with Gasteiger partial charge in [0, 0.05) is 37.3 Å². The van der Waals surface area contributed by atoms with Gasteiger partial charge in [-0.15, -0.1) is 0 Å². The number of nitrogens with one attached hydrogen (secondary N) is 2. The first-order chi connectivity index (χ1) is 30.4. The lowest BCUT2D eigenvalue weighted by atomic mass is 10.0. The molecule has 19 heteroatoms. The maximum atomic E-state index is 13.3. The van der Waals surface area contributed by atoms with Crippen LogP contribution in [-0.2, 0) is 19.6 Å². The molecule has 2 amide bonds. The predicted molar refractivity (Wildman–Crippen MR) is 234 cm³/mol. The summed E-state index contributed by atoms with van der Waals surface area (Å²) in [5.74, 6) is -2.27. The van der Waals surface area contributed by atoms with E-state index in [1.165, 1.54) is 12.1 Å². The topological polar surface area (TPSA) is 311 Å². The van der Waals surface area contributed by atoms with Crippen LogP contribution in [0.2, 0.25) is 0 Å². The minimum absolute atomic E-state index is 0.0583. The van der Waals surface area contributed by atoms with Crippen LogP contribution in [0.1, 0.15) is 67.8 Å². The molecule has 1 fully saturated rings. The van der Waals surface area contributed by atoms with Crippen molar-refractivity contribution in [2.45, 2.75) is 102 Å². The lowest BCUT2D eigenvalue weighted by Gasteiger charge is -2.31. The number of aliphatic hydroxyl groups excluding tert-OH is 10. The molecular formula is C45H67N5O14. The van der Waals surface area contributed by atoms with Gasteiger partial charge in [-0.25, -0.2) is 0 Å². The summed E-state index contributed by atoms with van der Waals surface area (Å²) in [5, 5.41) is 126. The third-order valence-electron chi connectivity index (χ3n) is 11.4. The van der Waals surface area contributed by atoms with Crippen molar-refractivity contribution in [3.8, 4) is 11.5 Å². The van der Waals surface area contributed by atoms with Crippen molar-refractivity contribution in [3.63, 3.8) is 0 Å². The number of amides is 2. The molecular weight excluding hydrogens is 835 g/mol. The number of carbonyl (C=O) groups is 2. The highest BCUT2D eigenvalue weighted by Gasteiger charge is 2.33. The van der Waals surface area contributed by atoms with E-state index in [4.69, 9.17) is 10.2 Å². The van der Waals surface area contributed by atoms with E-state index in [0.29, 0.717) is 54.9 Å². The first-order valence-corrected chi connectivity index (χ1v) is 21.5. The molecule has 0 aromatic heterocycles. The summed E-state index contributed by atoms with van der Waals surface area (Å²) in [5.41, 5.74) is 3.18. The molecule has 0 spiro atoms. The second-order valence-electron chi connectivity index (χ2n) is 16.7. The molecule has 8 atom stereocenters. The standard InChI is InChI=1S/C45H67N5O14/c1-27-17-30(37(56)32(19-27)43(62)46-21-34(53)39(58)40(59)35(54)25-51)23-49-13-6-11-48(22-29-9-4-3-5-10-29)12-7-14-50(16-8-15-49)24-31-18-28(2)20-33(38(31)57)44(63)47-45(64)42(61)41(60)36(55)26-52/h3-5,9-10,17-20,34-36,39-42,45,51-61,64H,6-8,11-16,21-26H2,1-2H3,(H,46,62)(H,47,63). The minimum Gasteiger partial charge on any atom is -0.507 e. The number of hydrogen-bond acceptors (Lipinski definition) is 17. The van der Waals surface area contributed by atoms with Crippen molar-refractivity contribution in [3.05, 3.63) is 93.5 Å². The van der Waals surface area contributed by atoms with Gasteiger partial charge in [0.2, 0.25) is 0 Å². The average molecular weight is 902 g/mol. The summed E-state index contributed by atoms with van der Waals surface area (Å²) in [4.78, 5) is 33.3. The van der Waals surface area contributed by atoms with Crippen LogP contribution in [0, 0.1) is 13.8 Å². The number of phenols is 2. The van der Waals surface area contributed by atoms with E-state index in [0.717, 1.165) is 38.0 Å². The SMILES string of the molecule is Cc1cc(CN2CCCN(Cc3ccccc3)CCCN(Cc3cc(C)cc(C(=O)NC(O)C(O)C(O)C(O)CO)c3O)CCC2)c(O)c(C(=O)NCC(O)C(O)C(O)C(O)CO)c1. The number of nitrogens with zero attached hydrogens (tertiary/aromatic N) is 3. The van der Waals surface area contributed by atoms with E-state index in [1.54, 1.807) is 26.0 Å². The van der Waals surface area contributed by atoms with Crippen LogP contribution in [0.25, 0.3) is 0 Å². The molecule has 0 bridgehead atoms. The van der Waals surface area contributed by atoms with Crippen molar-refractivity contribution in [1.29, 1.82) is 0 Å².